The minimum atomic E-state index is -0.469. The molecular formula is C12H15ClN2O. The van der Waals surface area contributed by atoms with Gasteiger partial charge in [0.25, 0.3) is 0 Å². The smallest absolute Gasteiger partial charge is 0.181 e. The molecule has 0 aliphatic carbocycles. The quantitative estimate of drug-likeness (QED) is 0.877. The zero-order chi connectivity index (χ0) is 12.1. The van der Waals surface area contributed by atoms with E-state index in [1.807, 2.05) is 26.1 Å². The van der Waals surface area contributed by atoms with Crippen molar-refractivity contribution in [2.75, 3.05) is 7.05 Å². The summed E-state index contributed by atoms with van der Waals surface area (Å²) in [5, 5.41) is 12.5. The maximum Gasteiger partial charge on any atom is 0.181 e. The third-order valence-corrected chi connectivity index (χ3v) is 2.59. The number of nitriles is 1. The Morgan fingerprint density at radius 2 is 2.12 bits per heavy atom. The van der Waals surface area contributed by atoms with Crippen LogP contribution in [0.15, 0.2) is 18.2 Å². The number of hydrogen-bond donors (Lipinski definition) is 1. The lowest BCUT2D eigenvalue weighted by molar-refractivity contribution is 0.271. The van der Waals surface area contributed by atoms with Gasteiger partial charge >= 0.3 is 0 Å². The maximum atomic E-state index is 8.72. The molecule has 3 nitrogen and oxygen atoms in total. The van der Waals surface area contributed by atoms with Gasteiger partial charge in [-0.25, -0.2) is 0 Å². The van der Waals surface area contributed by atoms with Crippen molar-refractivity contribution in [2.45, 2.75) is 26.0 Å². The molecule has 0 fully saturated rings. The molecular weight excluding hydrogens is 224 g/mol. The fraction of sp³-hybridized carbons (Fsp3) is 0.417. The molecule has 0 aliphatic rings. The second kappa shape index (κ2) is 5.74. The average Bonchev–Trinajstić information content (AvgIpc) is 2.30. The molecule has 2 atom stereocenters. The summed E-state index contributed by atoms with van der Waals surface area (Å²) in [5.41, 5.74) is 0.956. The van der Waals surface area contributed by atoms with Crippen LogP contribution in [0.25, 0.3) is 0 Å². The fourth-order valence-electron chi connectivity index (χ4n) is 1.34. The number of rotatable bonds is 4. The molecule has 0 aliphatic heterocycles. The predicted molar refractivity (Wildman–Crippen MR) is 64.6 cm³/mol. The van der Waals surface area contributed by atoms with Gasteiger partial charge in [0, 0.05) is 16.6 Å². The van der Waals surface area contributed by atoms with Gasteiger partial charge in [-0.2, -0.15) is 5.26 Å². The van der Waals surface area contributed by atoms with Crippen LogP contribution in [0, 0.1) is 11.3 Å². The van der Waals surface area contributed by atoms with Gasteiger partial charge in [0.05, 0.1) is 0 Å². The molecule has 0 amide bonds. The predicted octanol–water partition coefficient (Wildman–Crippen LogP) is 2.91. The van der Waals surface area contributed by atoms with Gasteiger partial charge in [-0.05, 0) is 39.1 Å². The molecule has 0 aromatic heterocycles. The second-order valence-corrected chi connectivity index (χ2v) is 4.02. The number of ether oxygens (including phenoxy) is 1. The lowest BCUT2D eigenvalue weighted by atomic mass is 10.1. The van der Waals surface area contributed by atoms with Crippen molar-refractivity contribution < 1.29 is 4.74 Å². The van der Waals surface area contributed by atoms with Crippen molar-refractivity contribution in [2.24, 2.45) is 0 Å². The molecule has 1 aromatic carbocycles. The van der Waals surface area contributed by atoms with Gasteiger partial charge in [0.1, 0.15) is 11.8 Å². The summed E-state index contributed by atoms with van der Waals surface area (Å²) < 4.78 is 5.51. The van der Waals surface area contributed by atoms with Crippen LogP contribution >= 0.6 is 11.6 Å². The third-order valence-electron chi connectivity index (χ3n) is 2.36. The van der Waals surface area contributed by atoms with Crippen LogP contribution in [0.2, 0.25) is 5.02 Å². The lowest BCUT2D eigenvalue weighted by Gasteiger charge is -2.17. The zero-order valence-electron chi connectivity index (χ0n) is 9.62. The summed E-state index contributed by atoms with van der Waals surface area (Å²) >= 11 is 5.94. The second-order valence-electron chi connectivity index (χ2n) is 3.58. The van der Waals surface area contributed by atoms with E-state index >= 15 is 0 Å². The van der Waals surface area contributed by atoms with Gasteiger partial charge in [-0.15, -0.1) is 0 Å². The Bertz CT molecular complexity index is 400. The van der Waals surface area contributed by atoms with E-state index in [-0.39, 0.29) is 6.04 Å². The van der Waals surface area contributed by atoms with Crippen LogP contribution < -0.4 is 10.1 Å². The average molecular weight is 239 g/mol. The van der Waals surface area contributed by atoms with E-state index < -0.39 is 6.10 Å². The molecule has 0 saturated carbocycles. The molecule has 1 aromatic rings. The molecule has 1 rings (SSSR count). The molecule has 1 N–H and O–H groups in total. The van der Waals surface area contributed by atoms with E-state index in [9.17, 15) is 0 Å². The molecule has 0 radical (unpaired) electrons. The number of halogens is 1. The normalized spacial score (nSPS) is 13.9. The molecule has 4 heteroatoms. The zero-order valence-corrected chi connectivity index (χ0v) is 10.4. The van der Waals surface area contributed by atoms with E-state index in [4.69, 9.17) is 21.6 Å². The summed E-state index contributed by atoms with van der Waals surface area (Å²) in [6.07, 6.45) is -0.469. The van der Waals surface area contributed by atoms with Crippen LogP contribution in [0.4, 0.5) is 0 Å². The Kier molecular flexibility index (Phi) is 4.60. The van der Waals surface area contributed by atoms with E-state index in [0.717, 1.165) is 5.56 Å². The van der Waals surface area contributed by atoms with Crippen LogP contribution in [0.1, 0.15) is 25.5 Å². The van der Waals surface area contributed by atoms with Crippen molar-refractivity contribution >= 4 is 11.6 Å². The Balaban J connectivity index is 3.03. The molecule has 0 spiro atoms. The molecule has 0 saturated heterocycles. The first kappa shape index (κ1) is 12.8. The highest BCUT2D eigenvalue weighted by atomic mass is 35.5. The SMILES string of the molecule is CNC(C)c1cc(Cl)ccc1OC(C)C#N. The molecule has 86 valence electrons. The number of nitrogens with zero attached hydrogens (tertiary/aromatic N) is 1. The van der Waals surface area contributed by atoms with Crippen molar-refractivity contribution in [3.05, 3.63) is 28.8 Å². The Labute approximate surface area is 101 Å². The number of nitrogens with one attached hydrogen (secondary N) is 1. The lowest BCUT2D eigenvalue weighted by Crippen LogP contribution is -2.16. The molecule has 0 bridgehead atoms. The number of hydrogen-bond acceptors (Lipinski definition) is 3. The molecule has 0 heterocycles. The highest BCUT2D eigenvalue weighted by Gasteiger charge is 2.12. The van der Waals surface area contributed by atoms with Crippen molar-refractivity contribution in [1.29, 1.82) is 5.26 Å². The van der Waals surface area contributed by atoms with Crippen LogP contribution in [0.5, 0.6) is 5.75 Å². The molecule has 2 unspecified atom stereocenters. The topological polar surface area (TPSA) is 45.0 Å². The van der Waals surface area contributed by atoms with Gasteiger partial charge in [0.15, 0.2) is 6.10 Å². The van der Waals surface area contributed by atoms with Crippen LogP contribution in [-0.2, 0) is 0 Å². The van der Waals surface area contributed by atoms with Crippen molar-refractivity contribution in [3.8, 4) is 11.8 Å². The van der Waals surface area contributed by atoms with E-state index in [1.54, 1.807) is 19.1 Å². The Morgan fingerprint density at radius 3 is 2.69 bits per heavy atom. The van der Waals surface area contributed by atoms with Gasteiger partial charge in [-0.1, -0.05) is 11.6 Å². The first-order valence-corrected chi connectivity index (χ1v) is 5.49. The van der Waals surface area contributed by atoms with Gasteiger partial charge in [-0.3, -0.25) is 0 Å². The standard InChI is InChI=1S/C12H15ClN2O/c1-8(7-14)16-12-5-4-10(13)6-11(12)9(2)15-3/h4-6,8-9,15H,1-3H3. The largest absolute Gasteiger partial charge is 0.476 e. The minimum Gasteiger partial charge on any atom is -0.476 e. The fourth-order valence-corrected chi connectivity index (χ4v) is 1.52. The summed E-state index contributed by atoms with van der Waals surface area (Å²) in [5.74, 6) is 0.695. The monoisotopic (exact) mass is 238 g/mol. The summed E-state index contributed by atoms with van der Waals surface area (Å²) in [4.78, 5) is 0. The maximum absolute atomic E-state index is 8.72. The highest BCUT2D eigenvalue weighted by molar-refractivity contribution is 6.30. The first-order valence-electron chi connectivity index (χ1n) is 5.11. The number of benzene rings is 1. The van der Waals surface area contributed by atoms with Gasteiger partial charge in [0.2, 0.25) is 0 Å². The van der Waals surface area contributed by atoms with Crippen LogP contribution in [-0.4, -0.2) is 13.2 Å². The molecule has 16 heavy (non-hydrogen) atoms. The van der Waals surface area contributed by atoms with Gasteiger partial charge < -0.3 is 10.1 Å². The van der Waals surface area contributed by atoms with Crippen molar-refractivity contribution in [1.82, 2.24) is 5.32 Å². The van der Waals surface area contributed by atoms with Crippen LogP contribution in [0.3, 0.4) is 0 Å². The Morgan fingerprint density at radius 1 is 1.44 bits per heavy atom. The summed E-state index contributed by atoms with van der Waals surface area (Å²) in [7, 11) is 1.86. The van der Waals surface area contributed by atoms with Crippen molar-refractivity contribution in [3.63, 3.8) is 0 Å². The first-order chi connectivity index (χ1) is 7.58. The van der Waals surface area contributed by atoms with E-state index in [1.165, 1.54) is 0 Å². The Hall–Kier alpha value is -1.24. The van der Waals surface area contributed by atoms with E-state index in [0.29, 0.717) is 10.8 Å². The summed E-state index contributed by atoms with van der Waals surface area (Å²) in [6, 6.07) is 7.56. The van der Waals surface area contributed by atoms with E-state index in [2.05, 4.69) is 5.32 Å². The third kappa shape index (κ3) is 3.13. The minimum absolute atomic E-state index is 0.125. The summed E-state index contributed by atoms with van der Waals surface area (Å²) in [6.45, 7) is 3.72. The highest BCUT2D eigenvalue weighted by Crippen LogP contribution is 2.28.